The van der Waals surface area contributed by atoms with Gasteiger partial charge in [0.1, 0.15) is 5.75 Å². The second kappa shape index (κ2) is 10.6. The molecule has 0 saturated carbocycles. The van der Waals surface area contributed by atoms with Gasteiger partial charge in [0, 0.05) is 32.7 Å². The van der Waals surface area contributed by atoms with E-state index in [-0.39, 0.29) is 11.8 Å². The maximum absolute atomic E-state index is 12.8. The Morgan fingerprint density at radius 2 is 1.66 bits per heavy atom. The van der Waals surface area contributed by atoms with Crippen LogP contribution < -0.4 is 10.1 Å². The molecule has 2 aromatic rings. The molecule has 0 bridgehead atoms. The van der Waals surface area contributed by atoms with Crippen molar-refractivity contribution in [3.63, 3.8) is 0 Å². The third-order valence-corrected chi connectivity index (χ3v) is 5.02. The van der Waals surface area contributed by atoms with Crippen molar-refractivity contribution >= 4 is 11.8 Å². The van der Waals surface area contributed by atoms with Crippen LogP contribution in [0.5, 0.6) is 5.75 Å². The summed E-state index contributed by atoms with van der Waals surface area (Å²) < 4.78 is 5.58. The van der Waals surface area contributed by atoms with Crippen molar-refractivity contribution in [2.45, 2.75) is 13.3 Å². The Morgan fingerprint density at radius 1 is 0.966 bits per heavy atom. The fraction of sp³-hybridized carbons (Fsp3) is 0.391. The molecule has 154 valence electrons. The predicted molar refractivity (Wildman–Crippen MR) is 113 cm³/mol. The van der Waals surface area contributed by atoms with E-state index in [4.69, 9.17) is 4.74 Å². The molecule has 1 aliphatic heterocycles. The van der Waals surface area contributed by atoms with E-state index in [1.807, 2.05) is 48.2 Å². The summed E-state index contributed by atoms with van der Waals surface area (Å²) in [5.41, 5.74) is 1.81. The lowest BCUT2D eigenvalue weighted by Crippen LogP contribution is -2.51. The highest BCUT2D eigenvalue weighted by Crippen LogP contribution is 2.20. The molecule has 0 aromatic heterocycles. The van der Waals surface area contributed by atoms with Crippen LogP contribution in [0.4, 0.5) is 0 Å². The summed E-state index contributed by atoms with van der Waals surface area (Å²) in [5, 5.41) is 2.98. The lowest BCUT2D eigenvalue weighted by Gasteiger charge is -2.34. The Morgan fingerprint density at radius 3 is 2.38 bits per heavy atom. The number of nitrogens with one attached hydrogen (secondary N) is 1. The van der Waals surface area contributed by atoms with E-state index < -0.39 is 0 Å². The molecule has 1 fully saturated rings. The Balaban J connectivity index is 1.42. The second-order valence-electron chi connectivity index (χ2n) is 7.08. The fourth-order valence-electron chi connectivity index (χ4n) is 3.45. The molecule has 0 aliphatic carbocycles. The highest BCUT2D eigenvalue weighted by atomic mass is 16.5. The number of ether oxygens (including phenoxy) is 1. The summed E-state index contributed by atoms with van der Waals surface area (Å²) in [7, 11) is 0. The molecule has 1 saturated heterocycles. The van der Waals surface area contributed by atoms with Crippen LogP contribution in [0.15, 0.2) is 54.6 Å². The first-order valence-corrected chi connectivity index (χ1v) is 10.2. The van der Waals surface area contributed by atoms with Crippen LogP contribution >= 0.6 is 0 Å². The molecule has 0 spiro atoms. The van der Waals surface area contributed by atoms with Crippen LogP contribution in [0.1, 0.15) is 22.8 Å². The number of piperazine rings is 1. The van der Waals surface area contributed by atoms with Crippen molar-refractivity contribution in [3.05, 3.63) is 65.7 Å². The smallest absolute Gasteiger partial charge is 0.257 e. The molecule has 2 aromatic carbocycles. The van der Waals surface area contributed by atoms with Gasteiger partial charge in [0.15, 0.2) is 0 Å². The lowest BCUT2D eigenvalue weighted by atomic mass is 10.1. The Bertz CT molecular complexity index is 802. The van der Waals surface area contributed by atoms with Gasteiger partial charge in [0.2, 0.25) is 5.91 Å². The lowest BCUT2D eigenvalue weighted by molar-refractivity contribution is -0.122. The zero-order valence-electron chi connectivity index (χ0n) is 17.0. The number of hydrogen-bond donors (Lipinski definition) is 1. The largest absolute Gasteiger partial charge is 0.493 e. The number of benzene rings is 2. The SMILES string of the molecule is CCOc1ccccc1C(=O)N1CCN(CC(=O)NCCc2ccccc2)CC1. The highest BCUT2D eigenvalue weighted by molar-refractivity contribution is 5.97. The average Bonchev–Trinajstić information content (AvgIpc) is 2.75. The van der Waals surface area contributed by atoms with Gasteiger partial charge in [0.25, 0.3) is 5.91 Å². The van der Waals surface area contributed by atoms with Crippen molar-refractivity contribution in [1.82, 2.24) is 15.1 Å². The first kappa shape index (κ1) is 20.9. The predicted octanol–water partition coefficient (Wildman–Crippen LogP) is 2.20. The highest BCUT2D eigenvalue weighted by Gasteiger charge is 2.25. The third-order valence-electron chi connectivity index (χ3n) is 5.02. The van der Waals surface area contributed by atoms with Crippen LogP contribution in [0, 0.1) is 0 Å². The van der Waals surface area contributed by atoms with Gasteiger partial charge in [-0.1, -0.05) is 42.5 Å². The van der Waals surface area contributed by atoms with E-state index >= 15 is 0 Å². The van der Waals surface area contributed by atoms with Gasteiger partial charge >= 0.3 is 0 Å². The van der Waals surface area contributed by atoms with E-state index in [2.05, 4.69) is 22.3 Å². The first-order chi connectivity index (χ1) is 14.2. The van der Waals surface area contributed by atoms with Crippen molar-refractivity contribution in [2.24, 2.45) is 0 Å². The van der Waals surface area contributed by atoms with Crippen molar-refractivity contribution in [3.8, 4) is 5.75 Å². The average molecular weight is 396 g/mol. The molecule has 2 amide bonds. The van der Waals surface area contributed by atoms with Crippen LogP contribution in [-0.4, -0.2) is 67.5 Å². The summed E-state index contributed by atoms with van der Waals surface area (Å²) in [6.45, 7) is 6.03. The van der Waals surface area contributed by atoms with E-state index in [0.717, 1.165) is 6.42 Å². The molecule has 3 rings (SSSR count). The van der Waals surface area contributed by atoms with Crippen LogP contribution in [0.2, 0.25) is 0 Å². The Kier molecular flexibility index (Phi) is 7.64. The summed E-state index contributed by atoms with van der Waals surface area (Å²) in [6, 6.07) is 17.5. The summed E-state index contributed by atoms with van der Waals surface area (Å²) in [6.07, 6.45) is 0.827. The Hall–Kier alpha value is -2.86. The molecule has 0 unspecified atom stereocenters. The van der Waals surface area contributed by atoms with Gasteiger partial charge in [-0.15, -0.1) is 0 Å². The van der Waals surface area contributed by atoms with Gasteiger partial charge in [-0.3, -0.25) is 14.5 Å². The van der Waals surface area contributed by atoms with E-state index in [1.165, 1.54) is 5.56 Å². The maximum atomic E-state index is 12.8. The van der Waals surface area contributed by atoms with E-state index in [1.54, 1.807) is 6.07 Å². The van der Waals surface area contributed by atoms with Gasteiger partial charge < -0.3 is 15.0 Å². The summed E-state index contributed by atoms with van der Waals surface area (Å²) >= 11 is 0. The van der Waals surface area contributed by atoms with Gasteiger partial charge in [-0.2, -0.15) is 0 Å². The monoisotopic (exact) mass is 395 g/mol. The first-order valence-electron chi connectivity index (χ1n) is 10.2. The third kappa shape index (κ3) is 6.06. The van der Waals surface area contributed by atoms with E-state index in [0.29, 0.717) is 57.2 Å². The van der Waals surface area contributed by atoms with Gasteiger partial charge in [-0.05, 0) is 31.0 Å². The number of nitrogens with zero attached hydrogens (tertiary/aromatic N) is 2. The van der Waals surface area contributed by atoms with E-state index in [9.17, 15) is 9.59 Å². The summed E-state index contributed by atoms with van der Waals surface area (Å²) in [5.74, 6) is 0.642. The zero-order chi connectivity index (χ0) is 20.5. The molecule has 6 heteroatoms. The fourth-order valence-corrected chi connectivity index (χ4v) is 3.45. The molecule has 1 N–H and O–H groups in total. The van der Waals surface area contributed by atoms with Crippen molar-refractivity contribution in [2.75, 3.05) is 45.9 Å². The minimum Gasteiger partial charge on any atom is -0.493 e. The number of carbonyl (C=O) groups excluding carboxylic acids is 2. The normalized spacial score (nSPS) is 14.4. The number of rotatable bonds is 8. The number of carbonyl (C=O) groups is 2. The number of hydrogen-bond acceptors (Lipinski definition) is 4. The second-order valence-corrected chi connectivity index (χ2v) is 7.08. The Labute approximate surface area is 172 Å². The topological polar surface area (TPSA) is 61.9 Å². The summed E-state index contributed by atoms with van der Waals surface area (Å²) in [4.78, 5) is 29.0. The maximum Gasteiger partial charge on any atom is 0.257 e. The number of para-hydroxylation sites is 1. The quantitative estimate of drug-likeness (QED) is 0.744. The molecule has 0 atom stereocenters. The molecular formula is C23H29N3O3. The van der Waals surface area contributed by atoms with Crippen LogP contribution in [0.3, 0.4) is 0 Å². The molecule has 1 heterocycles. The molecule has 1 aliphatic rings. The van der Waals surface area contributed by atoms with Crippen LogP contribution in [-0.2, 0) is 11.2 Å². The van der Waals surface area contributed by atoms with Gasteiger partial charge in [0.05, 0.1) is 18.7 Å². The number of amides is 2. The molecule has 6 nitrogen and oxygen atoms in total. The molecular weight excluding hydrogens is 366 g/mol. The van der Waals surface area contributed by atoms with Gasteiger partial charge in [-0.25, -0.2) is 0 Å². The minimum absolute atomic E-state index is 0.0130. The zero-order valence-corrected chi connectivity index (χ0v) is 17.0. The van der Waals surface area contributed by atoms with Crippen LogP contribution in [0.25, 0.3) is 0 Å². The van der Waals surface area contributed by atoms with Crippen molar-refractivity contribution < 1.29 is 14.3 Å². The standard InChI is InChI=1S/C23H29N3O3/c1-2-29-21-11-7-6-10-20(21)23(28)26-16-14-25(15-17-26)18-22(27)24-13-12-19-8-4-3-5-9-19/h3-11H,2,12-18H2,1H3,(H,24,27). The minimum atomic E-state index is -0.0130. The molecule has 0 radical (unpaired) electrons. The van der Waals surface area contributed by atoms with Crippen molar-refractivity contribution in [1.29, 1.82) is 0 Å². The molecule has 29 heavy (non-hydrogen) atoms.